The largest absolute Gasteiger partial charge is 0.495 e. The van der Waals surface area contributed by atoms with Crippen LogP contribution < -0.4 is 25.4 Å². The first-order valence-corrected chi connectivity index (χ1v) is 9.39. The molecule has 0 aliphatic carbocycles. The topological polar surface area (TPSA) is 54.5 Å². The van der Waals surface area contributed by atoms with Crippen LogP contribution in [0, 0.1) is 0 Å². The average Bonchev–Trinajstić information content (AvgIpc) is 2.71. The van der Waals surface area contributed by atoms with Crippen LogP contribution in [0.5, 0.6) is 11.5 Å². The van der Waals surface area contributed by atoms with Crippen LogP contribution in [0.3, 0.4) is 0 Å². The van der Waals surface area contributed by atoms with Gasteiger partial charge in [-0.05, 0) is 79.8 Å². The van der Waals surface area contributed by atoms with Gasteiger partial charge in [-0.25, -0.2) is 0 Å². The second-order valence-corrected chi connectivity index (χ2v) is 6.35. The molecule has 6 heteroatoms. The van der Waals surface area contributed by atoms with Crippen LogP contribution in [0.25, 0.3) is 0 Å². The molecule has 0 bridgehead atoms. The average molecular weight is 394 g/mol. The van der Waals surface area contributed by atoms with Crippen LogP contribution in [0.2, 0.25) is 0 Å². The summed E-state index contributed by atoms with van der Waals surface area (Å²) in [5.74, 6) is 1.63. The fourth-order valence-electron chi connectivity index (χ4n) is 2.63. The van der Waals surface area contributed by atoms with Gasteiger partial charge in [0.2, 0.25) is 0 Å². The first kappa shape index (κ1) is 19.5. The summed E-state index contributed by atoms with van der Waals surface area (Å²) in [5.41, 5.74) is 3.67. The second-order valence-electron chi connectivity index (χ2n) is 5.94. The van der Waals surface area contributed by atoms with Crippen LogP contribution in [0.4, 0.5) is 22.7 Å². The highest BCUT2D eigenvalue weighted by Gasteiger charge is 2.03. The molecule has 0 aromatic heterocycles. The molecular formula is C22H23N3O2S. The van der Waals surface area contributed by atoms with E-state index in [1.807, 2.05) is 79.7 Å². The van der Waals surface area contributed by atoms with Crippen LogP contribution in [-0.2, 0) is 0 Å². The van der Waals surface area contributed by atoms with Crippen molar-refractivity contribution in [2.24, 2.45) is 0 Å². The molecule has 0 aliphatic rings. The molecule has 0 heterocycles. The molecule has 144 valence electrons. The van der Waals surface area contributed by atoms with E-state index >= 15 is 0 Å². The molecule has 3 aromatic rings. The third kappa shape index (κ3) is 5.37. The van der Waals surface area contributed by atoms with Crippen molar-refractivity contribution in [3.05, 3.63) is 72.8 Å². The van der Waals surface area contributed by atoms with Gasteiger partial charge in [0, 0.05) is 17.1 Å². The molecule has 0 radical (unpaired) electrons. The highest BCUT2D eigenvalue weighted by Crippen LogP contribution is 2.27. The van der Waals surface area contributed by atoms with E-state index in [0.29, 0.717) is 11.7 Å². The van der Waals surface area contributed by atoms with Crippen LogP contribution in [-0.4, -0.2) is 18.8 Å². The zero-order valence-corrected chi connectivity index (χ0v) is 16.7. The summed E-state index contributed by atoms with van der Waals surface area (Å²) in [7, 11) is 1.66. The van der Waals surface area contributed by atoms with Crippen molar-refractivity contribution in [2.75, 3.05) is 29.7 Å². The van der Waals surface area contributed by atoms with E-state index in [1.165, 1.54) is 0 Å². The van der Waals surface area contributed by atoms with Crippen molar-refractivity contribution < 1.29 is 9.47 Å². The molecule has 0 saturated carbocycles. The molecule has 0 spiro atoms. The molecule has 0 unspecified atom stereocenters. The maximum atomic E-state index is 5.44. The van der Waals surface area contributed by atoms with Gasteiger partial charge in [-0.3, -0.25) is 0 Å². The zero-order chi connectivity index (χ0) is 19.8. The van der Waals surface area contributed by atoms with E-state index in [9.17, 15) is 0 Å². The Morgan fingerprint density at radius 1 is 0.821 bits per heavy atom. The highest BCUT2D eigenvalue weighted by atomic mass is 32.1. The van der Waals surface area contributed by atoms with E-state index < -0.39 is 0 Å². The van der Waals surface area contributed by atoms with Gasteiger partial charge in [-0.1, -0.05) is 12.1 Å². The monoisotopic (exact) mass is 393 g/mol. The molecule has 3 aromatic carbocycles. The Bertz CT molecular complexity index is 912. The van der Waals surface area contributed by atoms with E-state index in [0.717, 1.165) is 34.2 Å². The Morgan fingerprint density at radius 3 is 2.00 bits per heavy atom. The summed E-state index contributed by atoms with van der Waals surface area (Å²) in [6.07, 6.45) is 0. The molecule has 28 heavy (non-hydrogen) atoms. The molecule has 0 amide bonds. The van der Waals surface area contributed by atoms with Gasteiger partial charge < -0.3 is 25.4 Å². The number of hydrogen-bond acceptors (Lipinski definition) is 4. The van der Waals surface area contributed by atoms with Gasteiger partial charge in [0.1, 0.15) is 11.5 Å². The Morgan fingerprint density at radius 2 is 1.39 bits per heavy atom. The van der Waals surface area contributed by atoms with Crippen molar-refractivity contribution in [2.45, 2.75) is 6.92 Å². The lowest BCUT2D eigenvalue weighted by atomic mass is 10.2. The number of para-hydroxylation sites is 2. The molecule has 0 saturated heterocycles. The molecule has 0 fully saturated rings. The molecule has 0 aliphatic heterocycles. The van der Waals surface area contributed by atoms with Gasteiger partial charge in [0.05, 0.1) is 19.4 Å². The maximum Gasteiger partial charge on any atom is 0.175 e. The number of nitrogens with one attached hydrogen (secondary N) is 3. The predicted molar refractivity (Wildman–Crippen MR) is 120 cm³/mol. The summed E-state index contributed by atoms with van der Waals surface area (Å²) < 4.78 is 10.8. The van der Waals surface area contributed by atoms with E-state index in [4.69, 9.17) is 21.7 Å². The number of rotatable bonds is 7. The molecule has 0 atom stereocenters. The lowest BCUT2D eigenvalue weighted by Gasteiger charge is -2.13. The van der Waals surface area contributed by atoms with Gasteiger partial charge in [-0.15, -0.1) is 0 Å². The van der Waals surface area contributed by atoms with Crippen molar-refractivity contribution in [1.82, 2.24) is 0 Å². The fourth-order valence-corrected chi connectivity index (χ4v) is 2.87. The maximum absolute atomic E-state index is 5.44. The Kier molecular flexibility index (Phi) is 6.70. The normalized spacial score (nSPS) is 10.1. The minimum Gasteiger partial charge on any atom is -0.495 e. The van der Waals surface area contributed by atoms with Gasteiger partial charge in [-0.2, -0.15) is 0 Å². The molecular weight excluding hydrogens is 370 g/mol. The number of benzene rings is 3. The summed E-state index contributed by atoms with van der Waals surface area (Å²) in [6.45, 7) is 2.61. The minimum atomic E-state index is 0.523. The van der Waals surface area contributed by atoms with E-state index in [-0.39, 0.29) is 0 Å². The summed E-state index contributed by atoms with van der Waals surface area (Å²) >= 11 is 5.39. The lowest BCUT2D eigenvalue weighted by Crippen LogP contribution is -2.18. The first-order chi connectivity index (χ1) is 13.7. The fraction of sp³-hybridized carbons (Fsp3) is 0.136. The van der Waals surface area contributed by atoms with Gasteiger partial charge in [0.15, 0.2) is 5.11 Å². The second kappa shape index (κ2) is 9.62. The third-order valence-electron chi connectivity index (χ3n) is 3.95. The number of hydrogen-bond donors (Lipinski definition) is 3. The van der Waals surface area contributed by atoms with Crippen molar-refractivity contribution in [1.29, 1.82) is 0 Å². The molecule has 3 rings (SSSR count). The van der Waals surface area contributed by atoms with Crippen molar-refractivity contribution >= 4 is 40.1 Å². The lowest BCUT2D eigenvalue weighted by molar-refractivity contribution is 0.340. The first-order valence-electron chi connectivity index (χ1n) is 8.99. The third-order valence-corrected chi connectivity index (χ3v) is 4.16. The number of methoxy groups -OCH3 is 1. The Balaban J connectivity index is 1.57. The van der Waals surface area contributed by atoms with Crippen molar-refractivity contribution in [3.8, 4) is 11.5 Å². The zero-order valence-electron chi connectivity index (χ0n) is 15.9. The summed E-state index contributed by atoms with van der Waals surface area (Å²) in [4.78, 5) is 0. The quantitative estimate of drug-likeness (QED) is 0.451. The van der Waals surface area contributed by atoms with Gasteiger partial charge >= 0.3 is 0 Å². The summed E-state index contributed by atoms with van der Waals surface area (Å²) in [5, 5.41) is 10.2. The SMILES string of the molecule is CCOc1ccc(NC(=S)Nc2ccc(Nc3ccccc3OC)cc2)cc1. The van der Waals surface area contributed by atoms with Crippen LogP contribution in [0.1, 0.15) is 6.92 Å². The molecule has 3 N–H and O–H groups in total. The Labute approximate surface area is 170 Å². The predicted octanol–water partition coefficient (Wildman–Crippen LogP) is 5.65. The van der Waals surface area contributed by atoms with E-state index in [1.54, 1.807) is 7.11 Å². The van der Waals surface area contributed by atoms with E-state index in [2.05, 4.69) is 16.0 Å². The standard InChI is InChI=1S/C22H23N3O2S/c1-3-27-19-14-12-18(13-15-19)25-22(28)24-17-10-8-16(9-11-17)23-20-6-4-5-7-21(20)26-2/h4-15,23H,3H2,1-2H3,(H2,24,25,28). The Hall–Kier alpha value is -3.25. The number of anilines is 4. The van der Waals surface area contributed by atoms with Crippen molar-refractivity contribution in [3.63, 3.8) is 0 Å². The van der Waals surface area contributed by atoms with Crippen LogP contribution >= 0.6 is 12.2 Å². The molecule has 5 nitrogen and oxygen atoms in total. The van der Waals surface area contributed by atoms with Crippen LogP contribution in [0.15, 0.2) is 72.8 Å². The van der Waals surface area contributed by atoms with Gasteiger partial charge in [0.25, 0.3) is 0 Å². The highest BCUT2D eigenvalue weighted by molar-refractivity contribution is 7.80. The minimum absolute atomic E-state index is 0.523. The summed E-state index contributed by atoms with van der Waals surface area (Å²) in [6, 6.07) is 23.4. The smallest absolute Gasteiger partial charge is 0.175 e. The number of ether oxygens (including phenoxy) is 2. The number of thiocarbonyl (C=S) groups is 1.